The minimum atomic E-state index is -0.0681. The number of aromatic nitrogens is 2. The number of rotatable bonds is 8. The molecular weight excluding hydrogens is 376 g/mol. The van der Waals surface area contributed by atoms with Crippen LogP contribution in [0.3, 0.4) is 0 Å². The number of hydrogen-bond donors (Lipinski definition) is 0. The molecule has 4 rings (SSSR count). The summed E-state index contributed by atoms with van der Waals surface area (Å²) < 4.78 is 13.3. The van der Waals surface area contributed by atoms with Crippen LogP contribution in [-0.4, -0.2) is 22.7 Å². The van der Waals surface area contributed by atoms with Gasteiger partial charge in [-0.2, -0.15) is 5.10 Å². The second kappa shape index (κ2) is 8.99. The lowest BCUT2D eigenvalue weighted by Gasteiger charge is -2.12. The fourth-order valence-electron chi connectivity index (χ4n) is 3.75. The summed E-state index contributed by atoms with van der Waals surface area (Å²) >= 11 is 0. The fraction of sp³-hybridized carbons (Fsp3) is 0.280. The summed E-state index contributed by atoms with van der Waals surface area (Å²) in [6.45, 7) is 3.13. The molecule has 0 N–H and O–H groups in total. The number of allylic oxidation sites excluding steroid dienone is 1. The number of benzene rings is 2. The van der Waals surface area contributed by atoms with E-state index in [1.807, 2.05) is 37.3 Å². The van der Waals surface area contributed by atoms with Gasteiger partial charge in [-0.25, -0.2) is 0 Å². The van der Waals surface area contributed by atoms with Crippen LogP contribution >= 0.6 is 0 Å². The van der Waals surface area contributed by atoms with Crippen molar-refractivity contribution in [2.45, 2.75) is 39.3 Å². The van der Waals surface area contributed by atoms with E-state index in [4.69, 9.17) is 9.47 Å². The summed E-state index contributed by atoms with van der Waals surface area (Å²) in [5.41, 5.74) is 5.26. The first-order valence-electron chi connectivity index (χ1n) is 10.3. The molecule has 0 unspecified atom stereocenters. The molecule has 1 aliphatic carbocycles. The molecule has 1 aliphatic rings. The highest BCUT2D eigenvalue weighted by Gasteiger charge is 2.12. The third kappa shape index (κ3) is 4.46. The average Bonchev–Trinajstić information content (AvgIpc) is 3.45. The van der Waals surface area contributed by atoms with Crippen molar-refractivity contribution in [2.75, 3.05) is 7.11 Å². The van der Waals surface area contributed by atoms with Gasteiger partial charge in [-0.15, -0.1) is 0 Å². The van der Waals surface area contributed by atoms with Crippen molar-refractivity contribution >= 4 is 11.9 Å². The standard InChI is InChI=1S/C25H26N2O3/c1-3-27-16-22(15-26-27)24(28)11-7-18-8-12-25(29-2)21(13-18)17-30-23-10-9-19-5-4-6-20(19)14-23/h7-16H,3-6,17H2,1-2H3/b11-7+. The van der Waals surface area contributed by atoms with Crippen LogP contribution in [0.1, 0.15) is 46.0 Å². The lowest BCUT2D eigenvalue weighted by molar-refractivity contribution is 0.104. The van der Waals surface area contributed by atoms with E-state index in [0.29, 0.717) is 12.2 Å². The molecule has 0 spiro atoms. The molecule has 3 aromatic rings. The summed E-state index contributed by atoms with van der Waals surface area (Å²) in [6.07, 6.45) is 10.3. The Hall–Kier alpha value is -3.34. The van der Waals surface area contributed by atoms with E-state index >= 15 is 0 Å². The number of methoxy groups -OCH3 is 1. The molecule has 0 atom stereocenters. The van der Waals surface area contributed by atoms with Crippen molar-refractivity contribution < 1.29 is 14.3 Å². The van der Waals surface area contributed by atoms with E-state index in [0.717, 1.165) is 42.0 Å². The molecule has 5 nitrogen and oxygen atoms in total. The Morgan fingerprint density at radius 3 is 2.83 bits per heavy atom. The second-order valence-electron chi connectivity index (χ2n) is 7.43. The molecule has 0 saturated heterocycles. The molecule has 0 fully saturated rings. The third-order valence-corrected chi connectivity index (χ3v) is 5.44. The predicted molar refractivity (Wildman–Crippen MR) is 117 cm³/mol. The van der Waals surface area contributed by atoms with E-state index in [1.165, 1.54) is 17.5 Å². The predicted octanol–water partition coefficient (Wildman–Crippen LogP) is 4.88. The molecule has 0 aliphatic heterocycles. The Labute approximate surface area is 176 Å². The highest BCUT2D eigenvalue weighted by molar-refractivity contribution is 6.06. The number of carbonyl (C=O) groups is 1. The van der Waals surface area contributed by atoms with Crippen LogP contribution in [-0.2, 0) is 26.0 Å². The molecule has 30 heavy (non-hydrogen) atoms. The highest BCUT2D eigenvalue weighted by Crippen LogP contribution is 2.28. The topological polar surface area (TPSA) is 53.4 Å². The van der Waals surface area contributed by atoms with Crippen molar-refractivity contribution in [3.63, 3.8) is 0 Å². The molecule has 0 bridgehead atoms. The molecule has 1 aromatic heterocycles. The molecule has 154 valence electrons. The van der Waals surface area contributed by atoms with E-state index < -0.39 is 0 Å². The summed E-state index contributed by atoms with van der Waals surface area (Å²) in [5.74, 6) is 1.58. The van der Waals surface area contributed by atoms with Crippen molar-refractivity contribution in [3.05, 3.63) is 82.7 Å². The number of carbonyl (C=O) groups excluding carboxylic acids is 1. The maximum atomic E-state index is 12.4. The maximum Gasteiger partial charge on any atom is 0.189 e. The van der Waals surface area contributed by atoms with Gasteiger partial charge in [0, 0.05) is 18.3 Å². The molecule has 0 radical (unpaired) electrons. The zero-order valence-corrected chi connectivity index (χ0v) is 17.4. The number of ether oxygens (including phenoxy) is 2. The number of aryl methyl sites for hydroxylation is 3. The van der Waals surface area contributed by atoms with Crippen LogP contribution in [0.2, 0.25) is 0 Å². The third-order valence-electron chi connectivity index (χ3n) is 5.44. The van der Waals surface area contributed by atoms with Crippen LogP contribution in [0.25, 0.3) is 6.08 Å². The van der Waals surface area contributed by atoms with E-state index in [1.54, 1.807) is 30.3 Å². The van der Waals surface area contributed by atoms with Crippen LogP contribution in [0, 0.1) is 0 Å². The van der Waals surface area contributed by atoms with Crippen molar-refractivity contribution in [1.82, 2.24) is 9.78 Å². The molecular formula is C25H26N2O3. The molecule has 2 aromatic carbocycles. The normalized spacial score (nSPS) is 12.9. The summed E-state index contributed by atoms with van der Waals surface area (Å²) in [6, 6.07) is 12.2. The lowest BCUT2D eigenvalue weighted by atomic mass is 10.1. The first-order chi connectivity index (χ1) is 14.7. The summed E-state index contributed by atoms with van der Waals surface area (Å²) in [7, 11) is 1.65. The lowest BCUT2D eigenvalue weighted by Crippen LogP contribution is -2.00. The van der Waals surface area contributed by atoms with Crippen molar-refractivity contribution in [2.24, 2.45) is 0 Å². The number of ketones is 1. The number of hydrogen-bond acceptors (Lipinski definition) is 4. The van der Waals surface area contributed by atoms with E-state index in [-0.39, 0.29) is 5.78 Å². The zero-order chi connectivity index (χ0) is 20.9. The van der Waals surface area contributed by atoms with Gasteiger partial charge in [0.15, 0.2) is 5.78 Å². The first-order valence-corrected chi connectivity index (χ1v) is 10.3. The van der Waals surface area contributed by atoms with Gasteiger partial charge in [-0.1, -0.05) is 18.2 Å². The van der Waals surface area contributed by atoms with Gasteiger partial charge >= 0.3 is 0 Å². The van der Waals surface area contributed by atoms with Crippen molar-refractivity contribution in [1.29, 1.82) is 0 Å². The zero-order valence-electron chi connectivity index (χ0n) is 17.4. The van der Waals surface area contributed by atoms with Crippen LogP contribution in [0.15, 0.2) is 54.9 Å². The Morgan fingerprint density at radius 2 is 2.03 bits per heavy atom. The molecule has 0 saturated carbocycles. The Bertz CT molecular complexity index is 1080. The molecule has 5 heteroatoms. The second-order valence-corrected chi connectivity index (χ2v) is 7.43. The van der Waals surface area contributed by atoms with Gasteiger partial charge in [0.05, 0.1) is 18.9 Å². The van der Waals surface area contributed by atoms with Gasteiger partial charge in [0.25, 0.3) is 0 Å². The Kier molecular flexibility index (Phi) is 5.98. The van der Waals surface area contributed by atoms with E-state index in [9.17, 15) is 4.79 Å². The summed E-state index contributed by atoms with van der Waals surface area (Å²) in [5, 5.41) is 4.15. The molecule has 1 heterocycles. The van der Waals surface area contributed by atoms with Crippen molar-refractivity contribution in [3.8, 4) is 11.5 Å². The SMILES string of the molecule is CCn1cc(C(=O)/C=C/c2ccc(OC)c(COc3ccc4c(c3)CCC4)c2)cn1. The monoisotopic (exact) mass is 402 g/mol. The maximum absolute atomic E-state index is 12.4. The highest BCUT2D eigenvalue weighted by atomic mass is 16.5. The van der Waals surface area contributed by atoms with Crippen LogP contribution in [0.4, 0.5) is 0 Å². The minimum Gasteiger partial charge on any atom is -0.496 e. The van der Waals surface area contributed by atoms with Crippen LogP contribution in [0.5, 0.6) is 11.5 Å². The van der Waals surface area contributed by atoms with Gasteiger partial charge in [-0.05, 0) is 73.2 Å². The quantitative estimate of drug-likeness (QED) is 0.398. The largest absolute Gasteiger partial charge is 0.496 e. The fourth-order valence-corrected chi connectivity index (χ4v) is 3.75. The van der Waals surface area contributed by atoms with Gasteiger partial charge in [0.1, 0.15) is 18.1 Å². The number of nitrogens with zero attached hydrogens (tertiary/aromatic N) is 2. The van der Waals surface area contributed by atoms with Crippen LogP contribution < -0.4 is 9.47 Å². The number of fused-ring (bicyclic) bond motifs is 1. The Balaban J connectivity index is 1.46. The van der Waals surface area contributed by atoms with Gasteiger partial charge in [-0.3, -0.25) is 9.48 Å². The first kappa shape index (κ1) is 20.0. The molecule has 0 amide bonds. The Morgan fingerprint density at radius 1 is 1.17 bits per heavy atom. The smallest absolute Gasteiger partial charge is 0.189 e. The van der Waals surface area contributed by atoms with Gasteiger partial charge in [0.2, 0.25) is 0 Å². The minimum absolute atomic E-state index is 0.0681. The van der Waals surface area contributed by atoms with E-state index in [2.05, 4.69) is 17.2 Å². The average molecular weight is 402 g/mol. The summed E-state index contributed by atoms with van der Waals surface area (Å²) in [4.78, 5) is 12.4. The van der Waals surface area contributed by atoms with Gasteiger partial charge < -0.3 is 9.47 Å².